The van der Waals surface area contributed by atoms with Crippen molar-refractivity contribution in [2.45, 2.75) is 32.7 Å². The Morgan fingerprint density at radius 2 is 2.29 bits per heavy atom. The summed E-state index contributed by atoms with van der Waals surface area (Å²) < 4.78 is 0. The fourth-order valence-electron chi connectivity index (χ4n) is 3.12. The smallest absolute Gasteiger partial charge is 0.253 e. The molecule has 1 aliphatic rings. The van der Waals surface area contributed by atoms with Crippen molar-refractivity contribution in [2.75, 3.05) is 32.1 Å². The van der Waals surface area contributed by atoms with E-state index >= 15 is 0 Å². The van der Waals surface area contributed by atoms with Gasteiger partial charge in [0.2, 0.25) is 0 Å². The van der Waals surface area contributed by atoms with E-state index in [1.807, 2.05) is 37.1 Å². The lowest BCUT2D eigenvalue weighted by atomic mass is 10.1. The number of hydrogen-bond acceptors (Lipinski definition) is 4. The van der Waals surface area contributed by atoms with Crippen LogP contribution in [0.1, 0.15) is 35.7 Å². The summed E-state index contributed by atoms with van der Waals surface area (Å²) in [4.78, 5) is 16.9. The maximum absolute atomic E-state index is 12.6. The highest BCUT2D eigenvalue weighted by atomic mass is 16.2. The van der Waals surface area contributed by atoms with Crippen LogP contribution in [0, 0.1) is 6.92 Å². The van der Waals surface area contributed by atoms with Crippen molar-refractivity contribution >= 4 is 11.6 Å². The average molecular weight is 290 g/mol. The van der Waals surface area contributed by atoms with E-state index in [0.717, 1.165) is 36.4 Å². The van der Waals surface area contributed by atoms with Crippen LogP contribution in [0.5, 0.6) is 0 Å². The second-order valence-electron chi connectivity index (χ2n) is 5.78. The standard InChI is InChI=1S/C16H26N4O/c1-4-20-9-5-6-14(20)11-19(3)16(21)15-8-7-13(18-17)10-12(15)2/h7-8,10,14,18H,4-6,9,11,17H2,1-3H3. The van der Waals surface area contributed by atoms with Gasteiger partial charge in [-0.15, -0.1) is 0 Å². The van der Waals surface area contributed by atoms with Gasteiger partial charge >= 0.3 is 0 Å². The molecule has 0 aromatic heterocycles. The first-order valence-corrected chi connectivity index (χ1v) is 7.63. The van der Waals surface area contributed by atoms with Crippen LogP contribution in [-0.2, 0) is 0 Å². The predicted octanol–water partition coefficient (Wildman–Crippen LogP) is 1.84. The van der Waals surface area contributed by atoms with Crippen LogP contribution in [0.4, 0.5) is 5.69 Å². The number of rotatable bonds is 5. The van der Waals surface area contributed by atoms with Gasteiger partial charge in [0.1, 0.15) is 0 Å². The van der Waals surface area contributed by atoms with E-state index in [0.29, 0.717) is 6.04 Å². The fraction of sp³-hybridized carbons (Fsp3) is 0.562. The lowest BCUT2D eigenvalue weighted by Crippen LogP contribution is -2.41. The summed E-state index contributed by atoms with van der Waals surface area (Å²) in [5.41, 5.74) is 5.12. The van der Waals surface area contributed by atoms with Gasteiger partial charge in [0.25, 0.3) is 5.91 Å². The first-order chi connectivity index (χ1) is 10.1. The zero-order chi connectivity index (χ0) is 15.4. The lowest BCUT2D eigenvalue weighted by molar-refractivity contribution is 0.0754. The van der Waals surface area contributed by atoms with Gasteiger partial charge in [0.05, 0.1) is 0 Å². The molecule has 0 spiro atoms. The number of amides is 1. The van der Waals surface area contributed by atoms with Crippen LogP contribution in [0.25, 0.3) is 0 Å². The van der Waals surface area contributed by atoms with Crippen LogP contribution in [0.15, 0.2) is 18.2 Å². The lowest BCUT2D eigenvalue weighted by Gasteiger charge is -2.28. The Hall–Kier alpha value is -1.59. The normalized spacial score (nSPS) is 18.8. The highest BCUT2D eigenvalue weighted by Gasteiger charge is 2.26. The molecule has 3 N–H and O–H groups in total. The summed E-state index contributed by atoms with van der Waals surface area (Å²) in [7, 11) is 1.89. The minimum absolute atomic E-state index is 0.0824. The molecule has 0 bridgehead atoms. The Morgan fingerprint density at radius 3 is 2.90 bits per heavy atom. The fourth-order valence-corrected chi connectivity index (χ4v) is 3.12. The Bertz CT molecular complexity index is 503. The molecule has 5 heteroatoms. The minimum Gasteiger partial charge on any atom is -0.340 e. The number of likely N-dealkylation sites (tertiary alicyclic amines) is 1. The maximum atomic E-state index is 12.6. The van der Waals surface area contributed by atoms with Gasteiger partial charge in [0.15, 0.2) is 0 Å². The SMILES string of the molecule is CCN1CCCC1CN(C)C(=O)c1ccc(NN)cc1C. The first kappa shape index (κ1) is 15.8. The summed E-state index contributed by atoms with van der Waals surface area (Å²) in [6.45, 7) is 7.13. The van der Waals surface area contributed by atoms with Crippen molar-refractivity contribution in [2.24, 2.45) is 5.84 Å². The second kappa shape index (κ2) is 6.91. The molecule has 21 heavy (non-hydrogen) atoms. The molecule has 0 radical (unpaired) electrons. The van der Waals surface area contributed by atoms with E-state index in [-0.39, 0.29) is 5.91 Å². The second-order valence-corrected chi connectivity index (χ2v) is 5.78. The quantitative estimate of drug-likeness (QED) is 0.641. The average Bonchev–Trinajstić information content (AvgIpc) is 2.93. The number of carbonyl (C=O) groups is 1. The Balaban J connectivity index is 2.05. The molecule has 1 saturated heterocycles. The minimum atomic E-state index is 0.0824. The van der Waals surface area contributed by atoms with Gasteiger partial charge < -0.3 is 10.3 Å². The van der Waals surface area contributed by atoms with Gasteiger partial charge in [-0.1, -0.05) is 6.92 Å². The highest BCUT2D eigenvalue weighted by Crippen LogP contribution is 2.20. The summed E-state index contributed by atoms with van der Waals surface area (Å²) in [5.74, 6) is 5.48. The number of nitrogen functional groups attached to an aromatic ring is 1. The van der Waals surface area contributed by atoms with Crippen molar-refractivity contribution in [1.29, 1.82) is 0 Å². The molecule has 5 nitrogen and oxygen atoms in total. The topological polar surface area (TPSA) is 61.6 Å². The van der Waals surface area contributed by atoms with Crippen LogP contribution in [0.2, 0.25) is 0 Å². The van der Waals surface area contributed by atoms with Crippen LogP contribution < -0.4 is 11.3 Å². The number of nitrogens with zero attached hydrogens (tertiary/aromatic N) is 2. The number of carbonyl (C=O) groups excluding carboxylic acids is 1. The number of likely N-dealkylation sites (N-methyl/N-ethyl adjacent to an activating group) is 2. The molecular weight excluding hydrogens is 264 g/mol. The van der Waals surface area contributed by atoms with E-state index in [9.17, 15) is 4.79 Å². The Morgan fingerprint density at radius 1 is 1.52 bits per heavy atom. The van der Waals surface area contributed by atoms with Gasteiger partial charge in [-0.25, -0.2) is 0 Å². The molecule has 1 aliphatic heterocycles. The number of nitrogens with one attached hydrogen (secondary N) is 1. The molecule has 0 aliphatic carbocycles. The zero-order valence-electron chi connectivity index (χ0n) is 13.2. The maximum Gasteiger partial charge on any atom is 0.253 e. The third-order valence-electron chi connectivity index (χ3n) is 4.36. The first-order valence-electron chi connectivity index (χ1n) is 7.63. The van der Waals surface area contributed by atoms with Crippen molar-refractivity contribution in [1.82, 2.24) is 9.80 Å². The molecule has 2 rings (SSSR count). The molecule has 1 amide bonds. The third-order valence-corrected chi connectivity index (χ3v) is 4.36. The largest absolute Gasteiger partial charge is 0.340 e. The van der Waals surface area contributed by atoms with Gasteiger partial charge in [-0.2, -0.15) is 0 Å². The van der Waals surface area contributed by atoms with E-state index in [2.05, 4.69) is 17.2 Å². The number of anilines is 1. The van der Waals surface area contributed by atoms with Gasteiger partial charge in [-0.3, -0.25) is 15.5 Å². The summed E-state index contributed by atoms with van der Waals surface area (Å²) in [5, 5.41) is 0. The van der Waals surface area contributed by atoms with Crippen molar-refractivity contribution in [3.05, 3.63) is 29.3 Å². The molecule has 1 fully saturated rings. The van der Waals surface area contributed by atoms with Crippen molar-refractivity contribution in [3.63, 3.8) is 0 Å². The molecule has 1 aromatic rings. The number of aryl methyl sites for hydroxylation is 1. The molecular formula is C16H26N4O. The van der Waals surface area contributed by atoms with Gasteiger partial charge in [0, 0.05) is 30.9 Å². The van der Waals surface area contributed by atoms with Crippen LogP contribution >= 0.6 is 0 Å². The van der Waals surface area contributed by atoms with E-state index in [4.69, 9.17) is 5.84 Å². The van der Waals surface area contributed by atoms with Crippen molar-refractivity contribution in [3.8, 4) is 0 Å². The summed E-state index contributed by atoms with van der Waals surface area (Å²) in [6.07, 6.45) is 2.41. The highest BCUT2D eigenvalue weighted by molar-refractivity contribution is 5.96. The Kier molecular flexibility index (Phi) is 5.20. The monoisotopic (exact) mass is 290 g/mol. The molecule has 1 heterocycles. The summed E-state index contributed by atoms with van der Waals surface area (Å²) >= 11 is 0. The Labute approximate surface area is 127 Å². The zero-order valence-corrected chi connectivity index (χ0v) is 13.2. The molecule has 116 valence electrons. The molecule has 0 saturated carbocycles. The molecule has 1 atom stereocenters. The van der Waals surface area contributed by atoms with Gasteiger partial charge in [-0.05, 0) is 56.6 Å². The number of benzene rings is 1. The van der Waals surface area contributed by atoms with E-state index < -0.39 is 0 Å². The van der Waals surface area contributed by atoms with Crippen molar-refractivity contribution < 1.29 is 4.79 Å². The summed E-state index contributed by atoms with van der Waals surface area (Å²) in [6, 6.07) is 6.07. The number of nitrogens with two attached hydrogens (primary N) is 1. The van der Waals surface area contributed by atoms with E-state index in [1.165, 1.54) is 12.8 Å². The third kappa shape index (κ3) is 3.54. The molecule has 1 aromatic carbocycles. The predicted molar refractivity (Wildman–Crippen MR) is 86.2 cm³/mol. The molecule has 1 unspecified atom stereocenters. The number of hydrogen-bond donors (Lipinski definition) is 2. The number of hydrazine groups is 1. The van der Waals surface area contributed by atoms with Crippen LogP contribution in [-0.4, -0.2) is 48.4 Å². The van der Waals surface area contributed by atoms with E-state index in [1.54, 1.807) is 0 Å². The van der Waals surface area contributed by atoms with Crippen LogP contribution in [0.3, 0.4) is 0 Å².